The first-order valence-corrected chi connectivity index (χ1v) is 6.51. The van der Waals surface area contributed by atoms with Gasteiger partial charge in [-0.25, -0.2) is 0 Å². The number of carbonyl (C=O) groups is 1. The van der Waals surface area contributed by atoms with E-state index in [1.54, 1.807) is 25.2 Å². The van der Waals surface area contributed by atoms with Crippen molar-refractivity contribution in [2.24, 2.45) is 0 Å². The maximum Gasteiger partial charge on any atom is 0.253 e. The number of rotatable bonds is 4. The lowest BCUT2D eigenvalue weighted by Crippen LogP contribution is -2.19. The highest BCUT2D eigenvalue weighted by Gasteiger charge is 2.09. The van der Waals surface area contributed by atoms with E-state index in [1.807, 2.05) is 12.1 Å². The Morgan fingerprint density at radius 2 is 2.00 bits per heavy atom. The minimum atomic E-state index is -0.128. The number of amides is 1. The molecule has 0 heterocycles. The molecule has 0 aliphatic heterocycles. The SMILES string of the molecule is CNC(=O)c1ccc(N)cc1NCc1cccc(C)c1. The number of aryl methyl sites for hydroxylation is 1. The van der Waals surface area contributed by atoms with E-state index in [0.29, 0.717) is 17.8 Å². The molecule has 4 heteroatoms. The van der Waals surface area contributed by atoms with E-state index in [4.69, 9.17) is 5.73 Å². The highest BCUT2D eigenvalue weighted by molar-refractivity contribution is 6.00. The Labute approximate surface area is 119 Å². The minimum Gasteiger partial charge on any atom is -0.399 e. The van der Waals surface area contributed by atoms with Gasteiger partial charge in [0, 0.05) is 25.0 Å². The molecule has 2 rings (SSSR count). The average molecular weight is 269 g/mol. The van der Waals surface area contributed by atoms with Crippen LogP contribution in [0.15, 0.2) is 42.5 Å². The van der Waals surface area contributed by atoms with Crippen LogP contribution in [0.25, 0.3) is 0 Å². The van der Waals surface area contributed by atoms with Gasteiger partial charge in [0.2, 0.25) is 0 Å². The smallest absolute Gasteiger partial charge is 0.253 e. The number of anilines is 2. The number of hydrogen-bond donors (Lipinski definition) is 3. The molecular formula is C16H19N3O. The third kappa shape index (κ3) is 3.29. The van der Waals surface area contributed by atoms with Gasteiger partial charge in [-0.3, -0.25) is 4.79 Å². The molecule has 1 amide bonds. The number of nitrogens with two attached hydrogens (primary N) is 1. The van der Waals surface area contributed by atoms with Crippen molar-refractivity contribution < 1.29 is 4.79 Å². The summed E-state index contributed by atoms with van der Waals surface area (Å²) in [6, 6.07) is 13.5. The topological polar surface area (TPSA) is 67.2 Å². The van der Waals surface area contributed by atoms with E-state index < -0.39 is 0 Å². The first-order valence-electron chi connectivity index (χ1n) is 6.51. The van der Waals surface area contributed by atoms with Crippen LogP contribution in [0.1, 0.15) is 21.5 Å². The van der Waals surface area contributed by atoms with E-state index in [0.717, 1.165) is 11.3 Å². The molecule has 0 aliphatic rings. The second-order valence-corrected chi connectivity index (χ2v) is 4.73. The molecule has 0 saturated heterocycles. The highest BCUT2D eigenvalue weighted by Crippen LogP contribution is 2.20. The fourth-order valence-electron chi connectivity index (χ4n) is 2.06. The van der Waals surface area contributed by atoms with Crippen LogP contribution in [-0.4, -0.2) is 13.0 Å². The van der Waals surface area contributed by atoms with Gasteiger partial charge in [0.15, 0.2) is 0 Å². The molecule has 4 nitrogen and oxygen atoms in total. The molecule has 0 radical (unpaired) electrons. The Balaban J connectivity index is 2.20. The van der Waals surface area contributed by atoms with Crippen molar-refractivity contribution in [1.29, 1.82) is 0 Å². The van der Waals surface area contributed by atoms with E-state index in [2.05, 4.69) is 29.7 Å². The lowest BCUT2D eigenvalue weighted by molar-refractivity contribution is 0.0964. The quantitative estimate of drug-likeness (QED) is 0.747. The lowest BCUT2D eigenvalue weighted by atomic mass is 10.1. The van der Waals surface area contributed by atoms with Crippen molar-refractivity contribution in [2.75, 3.05) is 18.1 Å². The maximum absolute atomic E-state index is 11.8. The molecule has 0 aliphatic carbocycles. The molecule has 2 aromatic rings. The molecule has 0 atom stereocenters. The molecule has 0 spiro atoms. The van der Waals surface area contributed by atoms with Crippen molar-refractivity contribution in [3.8, 4) is 0 Å². The monoisotopic (exact) mass is 269 g/mol. The predicted octanol–water partition coefficient (Wildman–Crippen LogP) is 2.55. The van der Waals surface area contributed by atoms with Gasteiger partial charge in [-0.2, -0.15) is 0 Å². The van der Waals surface area contributed by atoms with Crippen LogP contribution in [0.3, 0.4) is 0 Å². The molecule has 104 valence electrons. The standard InChI is InChI=1S/C16H19N3O/c1-11-4-3-5-12(8-11)10-19-15-9-13(17)6-7-14(15)16(20)18-2/h3-9,19H,10,17H2,1-2H3,(H,18,20). The van der Waals surface area contributed by atoms with Crippen LogP contribution in [0.2, 0.25) is 0 Å². The van der Waals surface area contributed by atoms with Crippen molar-refractivity contribution >= 4 is 17.3 Å². The normalized spacial score (nSPS) is 10.1. The Morgan fingerprint density at radius 3 is 2.70 bits per heavy atom. The zero-order valence-corrected chi connectivity index (χ0v) is 11.7. The van der Waals surface area contributed by atoms with Crippen molar-refractivity contribution in [3.63, 3.8) is 0 Å². The van der Waals surface area contributed by atoms with Crippen LogP contribution < -0.4 is 16.4 Å². The van der Waals surface area contributed by atoms with Gasteiger partial charge in [-0.15, -0.1) is 0 Å². The third-order valence-corrected chi connectivity index (χ3v) is 3.08. The number of benzene rings is 2. The summed E-state index contributed by atoms with van der Waals surface area (Å²) >= 11 is 0. The average Bonchev–Trinajstić information content (AvgIpc) is 2.44. The molecule has 0 fully saturated rings. The van der Waals surface area contributed by atoms with Crippen LogP contribution in [-0.2, 0) is 6.54 Å². The summed E-state index contributed by atoms with van der Waals surface area (Å²) in [6.07, 6.45) is 0. The van der Waals surface area contributed by atoms with Gasteiger partial charge >= 0.3 is 0 Å². The highest BCUT2D eigenvalue weighted by atomic mass is 16.1. The number of nitrogens with one attached hydrogen (secondary N) is 2. The van der Waals surface area contributed by atoms with Crippen molar-refractivity contribution in [2.45, 2.75) is 13.5 Å². The number of nitrogen functional groups attached to an aromatic ring is 1. The number of hydrogen-bond acceptors (Lipinski definition) is 3. The molecule has 0 bridgehead atoms. The summed E-state index contributed by atoms with van der Waals surface area (Å²) in [4.78, 5) is 11.8. The fraction of sp³-hybridized carbons (Fsp3) is 0.188. The Bertz CT molecular complexity index is 623. The van der Waals surface area contributed by atoms with E-state index in [9.17, 15) is 4.79 Å². The Hall–Kier alpha value is -2.49. The summed E-state index contributed by atoms with van der Waals surface area (Å²) in [5, 5.41) is 5.90. The second kappa shape index (κ2) is 6.10. The van der Waals surface area contributed by atoms with Crippen LogP contribution in [0.4, 0.5) is 11.4 Å². The van der Waals surface area contributed by atoms with Crippen LogP contribution in [0.5, 0.6) is 0 Å². The minimum absolute atomic E-state index is 0.128. The fourth-order valence-corrected chi connectivity index (χ4v) is 2.06. The third-order valence-electron chi connectivity index (χ3n) is 3.08. The molecular weight excluding hydrogens is 250 g/mol. The van der Waals surface area contributed by atoms with E-state index in [-0.39, 0.29) is 5.91 Å². The first-order chi connectivity index (χ1) is 9.60. The largest absolute Gasteiger partial charge is 0.399 e. The predicted molar refractivity (Wildman–Crippen MR) is 82.8 cm³/mol. The molecule has 2 aromatic carbocycles. The molecule has 0 saturated carbocycles. The van der Waals surface area contributed by atoms with Crippen LogP contribution in [0, 0.1) is 6.92 Å². The molecule has 4 N–H and O–H groups in total. The van der Waals surface area contributed by atoms with E-state index in [1.165, 1.54) is 5.56 Å². The molecule has 0 unspecified atom stereocenters. The zero-order chi connectivity index (χ0) is 14.5. The first kappa shape index (κ1) is 13.9. The van der Waals surface area contributed by atoms with Gasteiger partial charge in [-0.05, 0) is 30.7 Å². The van der Waals surface area contributed by atoms with E-state index >= 15 is 0 Å². The molecule has 0 aromatic heterocycles. The van der Waals surface area contributed by atoms with Gasteiger partial charge in [0.1, 0.15) is 0 Å². The van der Waals surface area contributed by atoms with Gasteiger partial charge in [0.05, 0.1) is 5.56 Å². The maximum atomic E-state index is 11.8. The summed E-state index contributed by atoms with van der Waals surface area (Å²) in [6.45, 7) is 2.70. The van der Waals surface area contributed by atoms with Gasteiger partial charge < -0.3 is 16.4 Å². The summed E-state index contributed by atoms with van der Waals surface area (Å²) < 4.78 is 0. The zero-order valence-electron chi connectivity index (χ0n) is 11.7. The van der Waals surface area contributed by atoms with Crippen molar-refractivity contribution in [3.05, 3.63) is 59.2 Å². The van der Waals surface area contributed by atoms with Gasteiger partial charge in [-0.1, -0.05) is 29.8 Å². The summed E-state index contributed by atoms with van der Waals surface area (Å²) in [5.74, 6) is -0.128. The summed E-state index contributed by atoms with van der Waals surface area (Å²) in [5.41, 5.74) is 10.1. The van der Waals surface area contributed by atoms with Crippen LogP contribution >= 0.6 is 0 Å². The molecule has 20 heavy (non-hydrogen) atoms. The Kier molecular flexibility index (Phi) is 4.25. The number of carbonyl (C=O) groups excluding carboxylic acids is 1. The summed E-state index contributed by atoms with van der Waals surface area (Å²) in [7, 11) is 1.61. The Morgan fingerprint density at radius 1 is 1.20 bits per heavy atom. The van der Waals surface area contributed by atoms with Crippen molar-refractivity contribution in [1.82, 2.24) is 5.32 Å². The van der Waals surface area contributed by atoms with Gasteiger partial charge in [0.25, 0.3) is 5.91 Å². The second-order valence-electron chi connectivity index (χ2n) is 4.73. The lowest BCUT2D eigenvalue weighted by Gasteiger charge is -2.12.